The van der Waals surface area contributed by atoms with Crippen LogP contribution in [0.2, 0.25) is 0 Å². The summed E-state index contributed by atoms with van der Waals surface area (Å²) in [5, 5.41) is 1.16. The van der Waals surface area contributed by atoms with E-state index in [2.05, 4.69) is 28.6 Å². The molecular weight excluding hydrogens is 212 g/mol. The second-order valence-electron chi connectivity index (χ2n) is 3.84. The summed E-state index contributed by atoms with van der Waals surface area (Å²) in [6.07, 6.45) is 10.5. The fraction of sp³-hybridized carbons (Fsp3) is 0.818. The average Bonchev–Trinajstić information content (AvgIpc) is 2.15. The fourth-order valence-corrected chi connectivity index (χ4v) is 2.99. The molecule has 0 nitrogen and oxygen atoms in total. The summed E-state index contributed by atoms with van der Waals surface area (Å²) >= 11 is 3.60. The van der Waals surface area contributed by atoms with Gasteiger partial charge >= 0.3 is 0 Å². The molecule has 0 amide bonds. The highest BCUT2D eigenvalue weighted by molar-refractivity contribution is 9.09. The summed E-state index contributed by atoms with van der Waals surface area (Å²) in [5.41, 5.74) is 0. The minimum atomic E-state index is 0.850. The van der Waals surface area contributed by atoms with Crippen LogP contribution in [0.1, 0.15) is 38.5 Å². The summed E-state index contributed by atoms with van der Waals surface area (Å²) in [6, 6.07) is 0. The van der Waals surface area contributed by atoms with Crippen molar-refractivity contribution < 1.29 is 0 Å². The molecule has 70 valence electrons. The molecule has 0 aliphatic heterocycles. The first-order chi connectivity index (χ1) is 5.88. The monoisotopic (exact) mass is 230 g/mol. The lowest BCUT2D eigenvalue weighted by atomic mass is 9.79. The van der Waals surface area contributed by atoms with Crippen molar-refractivity contribution >= 4 is 15.9 Å². The number of halogens is 1. The Morgan fingerprint density at radius 3 is 2.50 bits per heavy atom. The molecule has 1 heteroatoms. The molecule has 1 rings (SSSR count). The van der Waals surface area contributed by atoms with Crippen LogP contribution in [0.5, 0.6) is 0 Å². The van der Waals surface area contributed by atoms with Gasteiger partial charge in [0, 0.05) is 5.33 Å². The van der Waals surface area contributed by atoms with Crippen molar-refractivity contribution in [2.24, 2.45) is 11.8 Å². The number of hydrogen-bond acceptors (Lipinski definition) is 0. The first-order valence-electron chi connectivity index (χ1n) is 5.05. The van der Waals surface area contributed by atoms with Crippen LogP contribution in [0.25, 0.3) is 0 Å². The van der Waals surface area contributed by atoms with Crippen LogP contribution in [0.3, 0.4) is 0 Å². The SMILES string of the molecule is C=CCC(CBr)C1CCCCC1. The van der Waals surface area contributed by atoms with Crippen molar-refractivity contribution in [3.05, 3.63) is 12.7 Å². The van der Waals surface area contributed by atoms with Crippen LogP contribution in [0, 0.1) is 11.8 Å². The Hall–Kier alpha value is 0.220. The zero-order chi connectivity index (χ0) is 8.81. The summed E-state index contributed by atoms with van der Waals surface area (Å²) in [5.74, 6) is 1.82. The maximum atomic E-state index is 3.82. The van der Waals surface area contributed by atoms with Gasteiger partial charge in [0.1, 0.15) is 0 Å². The molecule has 0 N–H and O–H groups in total. The summed E-state index contributed by atoms with van der Waals surface area (Å²) in [4.78, 5) is 0. The first-order valence-corrected chi connectivity index (χ1v) is 6.17. The predicted octanol–water partition coefficient (Wildman–Crippen LogP) is 4.15. The van der Waals surface area contributed by atoms with E-state index in [0.717, 1.165) is 17.2 Å². The summed E-state index contributed by atoms with van der Waals surface area (Å²) in [6.45, 7) is 3.82. The molecule has 1 aliphatic carbocycles. The molecule has 1 aliphatic rings. The van der Waals surface area contributed by atoms with Crippen LogP contribution < -0.4 is 0 Å². The Balaban J connectivity index is 2.34. The Morgan fingerprint density at radius 1 is 1.33 bits per heavy atom. The quantitative estimate of drug-likeness (QED) is 0.503. The highest BCUT2D eigenvalue weighted by atomic mass is 79.9. The van der Waals surface area contributed by atoms with E-state index in [-0.39, 0.29) is 0 Å². The van der Waals surface area contributed by atoms with E-state index in [9.17, 15) is 0 Å². The van der Waals surface area contributed by atoms with Crippen molar-refractivity contribution in [1.29, 1.82) is 0 Å². The molecule has 0 aromatic heterocycles. The van der Waals surface area contributed by atoms with Crippen LogP contribution >= 0.6 is 15.9 Å². The summed E-state index contributed by atoms with van der Waals surface area (Å²) in [7, 11) is 0. The standard InChI is InChI=1S/C11H19Br/c1-2-6-11(9-12)10-7-4-3-5-8-10/h2,10-11H,1,3-9H2. The lowest BCUT2D eigenvalue weighted by molar-refractivity contribution is 0.270. The van der Waals surface area contributed by atoms with Crippen molar-refractivity contribution in [1.82, 2.24) is 0 Å². The maximum absolute atomic E-state index is 3.82. The molecule has 1 fully saturated rings. The van der Waals surface area contributed by atoms with Gasteiger partial charge in [-0.3, -0.25) is 0 Å². The van der Waals surface area contributed by atoms with Crippen molar-refractivity contribution in [3.63, 3.8) is 0 Å². The van der Waals surface area contributed by atoms with E-state index in [4.69, 9.17) is 0 Å². The van der Waals surface area contributed by atoms with Crippen LogP contribution in [0.4, 0.5) is 0 Å². The molecule has 0 saturated heterocycles. The van der Waals surface area contributed by atoms with Gasteiger partial charge < -0.3 is 0 Å². The van der Waals surface area contributed by atoms with Gasteiger partial charge in [0.05, 0.1) is 0 Å². The Labute approximate surface area is 84.6 Å². The minimum absolute atomic E-state index is 0.850. The van der Waals surface area contributed by atoms with Crippen LogP contribution in [-0.2, 0) is 0 Å². The molecule has 1 atom stereocenters. The summed E-state index contributed by atoms with van der Waals surface area (Å²) < 4.78 is 0. The zero-order valence-electron chi connectivity index (χ0n) is 7.77. The van der Waals surface area contributed by atoms with Gasteiger partial charge in [-0.15, -0.1) is 6.58 Å². The van der Waals surface area contributed by atoms with E-state index >= 15 is 0 Å². The van der Waals surface area contributed by atoms with Crippen molar-refractivity contribution in [2.45, 2.75) is 38.5 Å². The topological polar surface area (TPSA) is 0 Å². The molecule has 12 heavy (non-hydrogen) atoms. The van der Waals surface area contributed by atoms with E-state index in [1.807, 2.05) is 0 Å². The third-order valence-electron chi connectivity index (χ3n) is 2.98. The van der Waals surface area contributed by atoms with Crippen molar-refractivity contribution in [3.8, 4) is 0 Å². The molecule has 0 aromatic rings. The predicted molar refractivity (Wildman–Crippen MR) is 58.7 cm³/mol. The van der Waals surface area contributed by atoms with Gasteiger partial charge in [0.2, 0.25) is 0 Å². The number of alkyl halides is 1. The smallest absolute Gasteiger partial charge is 0.00652 e. The lowest BCUT2D eigenvalue weighted by Crippen LogP contribution is -2.18. The average molecular weight is 231 g/mol. The first kappa shape index (κ1) is 10.3. The second-order valence-corrected chi connectivity index (χ2v) is 4.48. The van der Waals surface area contributed by atoms with Crippen LogP contribution in [-0.4, -0.2) is 5.33 Å². The maximum Gasteiger partial charge on any atom is 0.00652 e. The van der Waals surface area contributed by atoms with Crippen LogP contribution in [0.15, 0.2) is 12.7 Å². The molecule has 0 heterocycles. The van der Waals surface area contributed by atoms with Gasteiger partial charge in [0.15, 0.2) is 0 Å². The Morgan fingerprint density at radius 2 is 2.00 bits per heavy atom. The van der Waals surface area contributed by atoms with Crippen molar-refractivity contribution in [2.75, 3.05) is 5.33 Å². The minimum Gasteiger partial charge on any atom is -0.103 e. The van der Waals surface area contributed by atoms with Gasteiger partial charge in [0.25, 0.3) is 0 Å². The number of allylic oxidation sites excluding steroid dienone is 1. The van der Waals surface area contributed by atoms with Gasteiger partial charge in [-0.25, -0.2) is 0 Å². The lowest BCUT2D eigenvalue weighted by Gasteiger charge is -2.28. The van der Waals surface area contributed by atoms with Gasteiger partial charge in [-0.2, -0.15) is 0 Å². The second kappa shape index (κ2) is 5.80. The highest BCUT2D eigenvalue weighted by Crippen LogP contribution is 2.32. The van der Waals surface area contributed by atoms with E-state index in [0.29, 0.717) is 0 Å². The third kappa shape index (κ3) is 2.93. The largest absolute Gasteiger partial charge is 0.103 e. The number of hydrogen-bond donors (Lipinski definition) is 0. The zero-order valence-corrected chi connectivity index (χ0v) is 9.35. The fourth-order valence-electron chi connectivity index (χ4n) is 2.20. The molecule has 0 spiro atoms. The molecule has 1 unspecified atom stereocenters. The highest BCUT2D eigenvalue weighted by Gasteiger charge is 2.21. The molecule has 0 bridgehead atoms. The normalized spacial score (nSPS) is 22.1. The Kier molecular flexibility index (Phi) is 4.98. The third-order valence-corrected chi connectivity index (χ3v) is 3.82. The molecule has 0 radical (unpaired) electrons. The Bertz CT molecular complexity index is 125. The van der Waals surface area contributed by atoms with E-state index in [1.54, 1.807) is 0 Å². The van der Waals surface area contributed by atoms with Gasteiger partial charge in [-0.1, -0.05) is 54.1 Å². The van der Waals surface area contributed by atoms with E-state index < -0.39 is 0 Å². The number of rotatable bonds is 4. The molecular formula is C11H19Br. The van der Waals surface area contributed by atoms with Gasteiger partial charge in [-0.05, 0) is 18.3 Å². The van der Waals surface area contributed by atoms with E-state index in [1.165, 1.54) is 38.5 Å². The molecule has 1 saturated carbocycles. The molecule has 0 aromatic carbocycles.